The van der Waals surface area contributed by atoms with Crippen LogP contribution in [0.4, 0.5) is 15.9 Å². The molecule has 2 aliphatic rings. The van der Waals surface area contributed by atoms with E-state index in [1.165, 1.54) is 18.2 Å². The fraction of sp³-hybridized carbons (Fsp3) is 0.435. The van der Waals surface area contributed by atoms with Gasteiger partial charge in [0, 0.05) is 36.6 Å². The molecule has 1 saturated carbocycles. The van der Waals surface area contributed by atoms with Gasteiger partial charge in [0.05, 0.1) is 12.2 Å². The number of carbonyl (C=O) groups is 1. The summed E-state index contributed by atoms with van der Waals surface area (Å²) in [6.45, 7) is 1.80. The first-order chi connectivity index (χ1) is 15.0. The lowest BCUT2D eigenvalue weighted by molar-refractivity contribution is 0.0497. The summed E-state index contributed by atoms with van der Waals surface area (Å²) in [6.07, 6.45) is 4.65. The van der Waals surface area contributed by atoms with Crippen LogP contribution in [-0.4, -0.2) is 41.6 Å². The smallest absolute Gasteiger partial charge is 0.354 e. The molecule has 0 bridgehead atoms. The van der Waals surface area contributed by atoms with E-state index in [1.807, 2.05) is 0 Å². The topological polar surface area (TPSA) is 105 Å². The SMILES string of the molecule is N=C(c1c(OCC2CCOCC2)cc(C(=O)O)nc1Nc1ccc(F)cc1)C1CCC1. The van der Waals surface area contributed by atoms with E-state index in [-0.39, 0.29) is 23.2 Å². The van der Waals surface area contributed by atoms with Crippen LogP contribution in [0.1, 0.15) is 48.2 Å². The molecule has 4 rings (SSSR count). The van der Waals surface area contributed by atoms with Gasteiger partial charge in [-0.25, -0.2) is 14.2 Å². The Morgan fingerprint density at radius 2 is 1.94 bits per heavy atom. The molecule has 1 saturated heterocycles. The second kappa shape index (κ2) is 9.43. The van der Waals surface area contributed by atoms with Crippen molar-refractivity contribution in [3.05, 3.63) is 47.4 Å². The lowest BCUT2D eigenvalue weighted by Crippen LogP contribution is -2.26. The molecule has 7 nitrogen and oxygen atoms in total. The monoisotopic (exact) mass is 427 g/mol. The van der Waals surface area contributed by atoms with Crippen molar-refractivity contribution in [2.24, 2.45) is 11.8 Å². The summed E-state index contributed by atoms with van der Waals surface area (Å²) in [4.78, 5) is 16.0. The third-order valence-corrected chi connectivity index (χ3v) is 5.91. The van der Waals surface area contributed by atoms with Crippen LogP contribution in [0.2, 0.25) is 0 Å². The molecule has 3 N–H and O–H groups in total. The summed E-state index contributed by atoms with van der Waals surface area (Å²) >= 11 is 0. The second-order valence-electron chi connectivity index (χ2n) is 8.07. The maximum atomic E-state index is 13.3. The maximum absolute atomic E-state index is 13.3. The van der Waals surface area contributed by atoms with Crippen molar-refractivity contribution < 1.29 is 23.8 Å². The van der Waals surface area contributed by atoms with Crippen molar-refractivity contribution in [2.45, 2.75) is 32.1 Å². The number of rotatable bonds is 8. The van der Waals surface area contributed by atoms with E-state index in [9.17, 15) is 14.3 Å². The van der Waals surface area contributed by atoms with Gasteiger partial charge in [0.25, 0.3) is 0 Å². The number of carboxylic acid groups (broad SMARTS) is 1. The minimum absolute atomic E-state index is 0.0941. The largest absolute Gasteiger partial charge is 0.492 e. The highest BCUT2D eigenvalue weighted by molar-refractivity contribution is 6.07. The first-order valence-electron chi connectivity index (χ1n) is 10.6. The van der Waals surface area contributed by atoms with Gasteiger partial charge in [-0.2, -0.15) is 0 Å². The fourth-order valence-corrected chi connectivity index (χ4v) is 3.79. The summed E-state index contributed by atoms with van der Waals surface area (Å²) in [7, 11) is 0. The fourth-order valence-electron chi connectivity index (χ4n) is 3.79. The Balaban J connectivity index is 1.70. The number of aromatic carboxylic acids is 1. The minimum Gasteiger partial charge on any atom is -0.492 e. The van der Waals surface area contributed by atoms with Crippen LogP contribution in [0, 0.1) is 23.1 Å². The number of hydrogen-bond acceptors (Lipinski definition) is 6. The Kier molecular flexibility index (Phi) is 6.46. The predicted molar refractivity (Wildman–Crippen MR) is 114 cm³/mol. The van der Waals surface area contributed by atoms with E-state index in [4.69, 9.17) is 14.9 Å². The zero-order valence-electron chi connectivity index (χ0n) is 17.2. The van der Waals surface area contributed by atoms with E-state index in [1.54, 1.807) is 12.1 Å². The van der Waals surface area contributed by atoms with Crippen molar-refractivity contribution in [3.63, 3.8) is 0 Å². The van der Waals surface area contributed by atoms with Crippen LogP contribution in [0.5, 0.6) is 5.75 Å². The molecular formula is C23H26FN3O4. The molecular weight excluding hydrogens is 401 g/mol. The third kappa shape index (κ3) is 5.02. The molecule has 8 heteroatoms. The summed E-state index contributed by atoms with van der Waals surface area (Å²) in [5.74, 6) is -0.558. The van der Waals surface area contributed by atoms with Crippen LogP contribution >= 0.6 is 0 Å². The summed E-state index contributed by atoms with van der Waals surface area (Å²) < 4.78 is 24.8. The van der Waals surface area contributed by atoms with Crippen LogP contribution in [-0.2, 0) is 4.74 Å². The van der Waals surface area contributed by atoms with E-state index in [2.05, 4.69) is 10.3 Å². The first-order valence-corrected chi connectivity index (χ1v) is 10.6. The number of halogens is 1. The van der Waals surface area contributed by atoms with Gasteiger partial charge in [-0.15, -0.1) is 0 Å². The van der Waals surface area contributed by atoms with Gasteiger partial charge in [0.1, 0.15) is 17.4 Å². The molecule has 0 atom stereocenters. The molecule has 1 aromatic heterocycles. The van der Waals surface area contributed by atoms with Crippen molar-refractivity contribution in [1.82, 2.24) is 4.98 Å². The zero-order chi connectivity index (χ0) is 21.8. The number of aromatic nitrogens is 1. The van der Waals surface area contributed by atoms with Crippen LogP contribution in [0.25, 0.3) is 0 Å². The summed E-state index contributed by atoms with van der Waals surface area (Å²) in [6, 6.07) is 7.11. The first kappa shape index (κ1) is 21.2. The summed E-state index contributed by atoms with van der Waals surface area (Å²) in [5.41, 5.74) is 1.25. The Labute approximate surface area is 180 Å². The van der Waals surface area contributed by atoms with Gasteiger partial charge in [-0.1, -0.05) is 6.42 Å². The number of nitrogens with zero attached hydrogens (tertiary/aromatic N) is 1. The quantitative estimate of drug-likeness (QED) is 0.531. The molecule has 1 aromatic carbocycles. The molecule has 1 aliphatic heterocycles. The molecule has 2 aromatic rings. The van der Waals surface area contributed by atoms with Gasteiger partial charge in [-0.3, -0.25) is 0 Å². The predicted octanol–water partition coefficient (Wildman–Crippen LogP) is 4.64. The van der Waals surface area contributed by atoms with Gasteiger partial charge in [0.2, 0.25) is 0 Å². The van der Waals surface area contributed by atoms with E-state index in [0.717, 1.165) is 32.1 Å². The molecule has 164 valence electrons. The normalized spacial score (nSPS) is 17.1. The number of anilines is 2. The highest BCUT2D eigenvalue weighted by Gasteiger charge is 2.30. The molecule has 31 heavy (non-hydrogen) atoms. The van der Waals surface area contributed by atoms with Gasteiger partial charge in [-0.05, 0) is 55.9 Å². The average molecular weight is 427 g/mol. The Morgan fingerprint density at radius 1 is 1.23 bits per heavy atom. The molecule has 0 radical (unpaired) electrons. The number of benzene rings is 1. The van der Waals surface area contributed by atoms with E-state index < -0.39 is 5.97 Å². The molecule has 0 spiro atoms. The van der Waals surface area contributed by atoms with Gasteiger partial charge >= 0.3 is 5.97 Å². The van der Waals surface area contributed by atoms with Crippen LogP contribution < -0.4 is 10.1 Å². The number of pyridine rings is 1. The van der Waals surface area contributed by atoms with Crippen LogP contribution in [0.15, 0.2) is 30.3 Å². The number of carboxylic acids is 1. The number of hydrogen-bond donors (Lipinski definition) is 3. The van der Waals surface area contributed by atoms with Crippen molar-refractivity contribution in [1.29, 1.82) is 5.41 Å². The standard InChI is InChI=1S/C23H26FN3O4/c24-16-4-6-17(7-5-16)26-22-20(21(25)15-2-1-3-15)19(12-18(27-22)23(28)29)31-13-14-8-10-30-11-9-14/h4-7,12,14-15,25H,1-3,8-11,13H2,(H,26,27)(H,28,29). The van der Waals surface area contributed by atoms with E-state index in [0.29, 0.717) is 48.5 Å². The Bertz CT molecular complexity index is 954. The maximum Gasteiger partial charge on any atom is 0.354 e. The molecule has 1 aliphatic carbocycles. The van der Waals surface area contributed by atoms with Crippen LogP contribution in [0.3, 0.4) is 0 Å². The van der Waals surface area contributed by atoms with Crippen molar-refractivity contribution in [3.8, 4) is 5.75 Å². The lowest BCUT2D eigenvalue weighted by atomic mass is 9.79. The summed E-state index contributed by atoms with van der Waals surface area (Å²) in [5, 5.41) is 21.4. The number of ether oxygens (including phenoxy) is 2. The van der Waals surface area contributed by atoms with Crippen molar-refractivity contribution in [2.75, 3.05) is 25.1 Å². The third-order valence-electron chi connectivity index (χ3n) is 5.91. The Hall–Kier alpha value is -3.00. The van der Waals surface area contributed by atoms with Gasteiger partial charge in [0.15, 0.2) is 5.69 Å². The Morgan fingerprint density at radius 3 is 2.55 bits per heavy atom. The number of nitrogens with one attached hydrogen (secondary N) is 2. The van der Waals surface area contributed by atoms with Crippen molar-refractivity contribution >= 4 is 23.2 Å². The zero-order valence-corrected chi connectivity index (χ0v) is 17.2. The van der Waals surface area contributed by atoms with Gasteiger partial charge < -0.3 is 25.3 Å². The minimum atomic E-state index is -1.18. The molecule has 0 unspecified atom stereocenters. The highest BCUT2D eigenvalue weighted by Crippen LogP contribution is 2.37. The lowest BCUT2D eigenvalue weighted by Gasteiger charge is -2.29. The molecule has 2 fully saturated rings. The second-order valence-corrected chi connectivity index (χ2v) is 8.07. The highest BCUT2D eigenvalue weighted by atomic mass is 19.1. The average Bonchev–Trinajstić information content (AvgIpc) is 2.73. The van der Waals surface area contributed by atoms with E-state index >= 15 is 0 Å². The molecule has 2 heterocycles. The molecule has 0 amide bonds.